The Morgan fingerprint density at radius 1 is 1.00 bits per heavy atom. The molecule has 11 heteroatoms. The maximum absolute atomic E-state index is 13.5. The number of aromatic amines is 1. The number of nitrogens with zero attached hydrogens (tertiary/aromatic N) is 3. The first-order valence-electron chi connectivity index (χ1n) is 6.59. The van der Waals surface area contributed by atoms with Crippen LogP contribution in [0.4, 0.5) is 22.0 Å². The molecule has 0 fully saturated rings. The lowest BCUT2D eigenvalue weighted by Crippen LogP contribution is -2.04. The lowest BCUT2D eigenvalue weighted by atomic mass is 10.4. The molecule has 0 spiro atoms. The molecule has 130 valence electrons. The van der Waals surface area contributed by atoms with Gasteiger partial charge >= 0.3 is 6.18 Å². The fraction of sp³-hybridized carbons (Fsp3) is 0.0714. The van der Waals surface area contributed by atoms with Gasteiger partial charge in [-0.2, -0.15) is 32.0 Å². The number of halogens is 5. The second-order valence-electron chi connectivity index (χ2n) is 4.56. The molecule has 3 aromatic heterocycles. The normalized spacial score (nSPS) is 11.6. The molecule has 3 rings (SSSR count). The molecule has 0 radical (unpaired) electrons. The Morgan fingerprint density at radius 2 is 1.80 bits per heavy atom. The highest BCUT2D eigenvalue weighted by molar-refractivity contribution is 7.99. The van der Waals surface area contributed by atoms with Gasteiger partial charge in [-0.25, -0.2) is 4.98 Å². The van der Waals surface area contributed by atoms with Gasteiger partial charge in [-0.05, 0) is 30.0 Å². The number of hydrogen-bond acceptors (Lipinski definition) is 5. The molecule has 0 aromatic carbocycles. The van der Waals surface area contributed by atoms with Crippen LogP contribution >= 0.6 is 11.8 Å². The highest BCUT2D eigenvalue weighted by Gasteiger charge is 2.33. The Hall–Kier alpha value is -2.69. The fourth-order valence-corrected chi connectivity index (χ4v) is 2.47. The summed E-state index contributed by atoms with van der Waals surface area (Å²) >= 11 is 0.853. The summed E-state index contributed by atoms with van der Waals surface area (Å²) in [4.78, 5) is 6.99. The fourth-order valence-electron chi connectivity index (χ4n) is 1.71. The largest absolute Gasteiger partial charge is 0.434 e. The van der Waals surface area contributed by atoms with Gasteiger partial charge in [0.2, 0.25) is 11.8 Å². The minimum absolute atomic E-state index is 0.0381. The summed E-state index contributed by atoms with van der Waals surface area (Å²) in [5.74, 6) is -2.53. The van der Waals surface area contributed by atoms with Crippen molar-refractivity contribution >= 4 is 11.8 Å². The van der Waals surface area contributed by atoms with Crippen molar-refractivity contribution < 1.29 is 26.7 Å². The molecule has 1 N–H and O–H groups in total. The highest BCUT2D eigenvalue weighted by atomic mass is 32.2. The van der Waals surface area contributed by atoms with Gasteiger partial charge in [-0.15, -0.1) is 0 Å². The van der Waals surface area contributed by atoms with Crippen molar-refractivity contribution in [3.63, 3.8) is 0 Å². The summed E-state index contributed by atoms with van der Waals surface area (Å²) in [6.07, 6.45) is -4.53. The minimum atomic E-state index is -4.53. The summed E-state index contributed by atoms with van der Waals surface area (Å²) in [5.41, 5.74) is -0.984. The molecule has 0 bridgehead atoms. The van der Waals surface area contributed by atoms with Gasteiger partial charge in [0.25, 0.3) is 5.95 Å². The second-order valence-corrected chi connectivity index (χ2v) is 5.60. The lowest BCUT2D eigenvalue weighted by Gasteiger charge is -2.06. The standard InChI is InChI=1S/C14H7F5N4OS/c15-9-5-4-7(13(16)20-9)24-10-2-1-3-11(21-10)25-12-6-8(22-23-12)14(17,18)19/h1-6H,(H,22,23). The number of hydrogen-bond donors (Lipinski definition) is 1. The van der Waals surface area contributed by atoms with Crippen LogP contribution in [0.2, 0.25) is 0 Å². The monoisotopic (exact) mass is 374 g/mol. The van der Waals surface area contributed by atoms with E-state index in [-0.39, 0.29) is 21.7 Å². The first-order chi connectivity index (χ1) is 11.8. The van der Waals surface area contributed by atoms with E-state index in [1.165, 1.54) is 18.2 Å². The molecule has 0 saturated carbocycles. The van der Waals surface area contributed by atoms with Crippen LogP contribution in [0, 0.1) is 11.9 Å². The third-order valence-corrected chi connectivity index (χ3v) is 3.62. The number of aromatic nitrogens is 4. The Kier molecular flexibility index (Phi) is 4.57. The Morgan fingerprint density at radius 3 is 2.48 bits per heavy atom. The molecular formula is C14H7F5N4OS. The summed E-state index contributed by atoms with van der Waals surface area (Å²) in [5, 5.41) is 5.75. The average molecular weight is 374 g/mol. The summed E-state index contributed by atoms with van der Waals surface area (Å²) in [6.45, 7) is 0. The summed E-state index contributed by atoms with van der Waals surface area (Å²) in [7, 11) is 0. The number of pyridine rings is 2. The van der Waals surface area contributed by atoms with Crippen molar-refractivity contribution in [1.29, 1.82) is 0 Å². The van der Waals surface area contributed by atoms with Crippen LogP contribution in [0.25, 0.3) is 0 Å². The molecule has 3 aromatic rings. The van der Waals surface area contributed by atoms with E-state index in [4.69, 9.17) is 4.74 Å². The molecule has 0 atom stereocenters. The van der Waals surface area contributed by atoms with Gasteiger partial charge in [0.15, 0.2) is 5.75 Å². The van der Waals surface area contributed by atoms with Gasteiger partial charge in [0.1, 0.15) is 15.7 Å². The molecule has 0 aliphatic heterocycles. The molecule has 5 nitrogen and oxygen atoms in total. The van der Waals surface area contributed by atoms with Gasteiger partial charge in [0.05, 0.1) is 0 Å². The van der Waals surface area contributed by atoms with Crippen molar-refractivity contribution in [3.8, 4) is 11.6 Å². The van der Waals surface area contributed by atoms with E-state index < -0.39 is 23.8 Å². The van der Waals surface area contributed by atoms with Crippen LogP contribution in [0.1, 0.15) is 5.69 Å². The number of ether oxygens (including phenoxy) is 1. The van der Waals surface area contributed by atoms with Crippen molar-refractivity contribution in [2.24, 2.45) is 0 Å². The molecule has 0 aliphatic carbocycles. The SMILES string of the molecule is Fc1ccc(Oc2cccc(Sc3cc(C(F)(F)F)[nH]n3)n2)c(F)n1. The molecule has 0 amide bonds. The highest BCUT2D eigenvalue weighted by Crippen LogP contribution is 2.33. The van der Waals surface area contributed by atoms with Crippen molar-refractivity contribution in [1.82, 2.24) is 20.2 Å². The predicted molar refractivity (Wildman–Crippen MR) is 76.2 cm³/mol. The predicted octanol–water partition coefficient (Wildman–Crippen LogP) is 4.44. The van der Waals surface area contributed by atoms with E-state index in [9.17, 15) is 22.0 Å². The molecule has 0 aliphatic rings. The molecule has 3 heterocycles. The van der Waals surface area contributed by atoms with Gasteiger partial charge in [0, 0.05) is 12.1 Å². The van der Waals surface area contributed by atoms with Gasteiger partial charge in [-0.3, -0.25) is 5.10 Å². The number of rotatable bonds is 4. The molecule has 0 saturated heterocycles. The van der Waals surface area contributed by atoms with Crippen LogP contribution in [0.5, 0.6) is 11.6 Å². The first kappa shape index (κ1) is 17.1. The number of alkyl halides is 3. The molecule has 0 unspecified atom stereocenters. The minimum Gasteiger partial charge on any atom is -0.434 e. The number of H-pyrrole nitrogens is 1. The van der Waals surface area contributed by atoms with Crippen molar-refractivity contribution in [3.05, 3.63) is 54.0 Å². The van der Waals surface area contributed by atoms with Crippen LogP contribution in [0.3, 0.4) is 0 Å². The van der Waals surface area contributed by atoms with Crippen molar-refractivity contribution in [2.45, 2.75) is 16.2 Å². The number of nitrogens with one attached hydrogen (secondary N) is 1. The zero-order valence-electron chi connectivity index (χ0n) is 12.0. The quantitative estimate of drug-likeness (QED) is 0.540. The van der Waals surface area contributed by atoms with Crippen LogP contribution in [0.15, 0.2) is 46.5 Å². The lowest BCUT2D eigenvalue weighted by molar-refractivity contribution is -0.141. The Labute approximate surface area is 141 Å². The van der Waals surface area contributed by atoms with Crippen molar-refractivity contribution in [2.75, 3.05) is 0 Å². The smallest absolute Gasteiger partial charge is 0.432 e. The second kappa shape index (κ2) is 6.67. The van der Waals surface area contributed by atoms with Crippen LogP contribution in [-0.4, -0.2) is 20.2 Å². The zero-order chi connectivity index (χ0) is 18.0. The zero-order valence-corrected chi connectivity index (χ0v) is 12.8. The summed E-state index contributed by atoms with van der Waals surface area (Å²) < 4.78 is 69.0. The van der Waals surface area contributed by atoms with E-state index >= 15 is 0 Å². The topological polar surface area (TPSA) is 63.7 Å². The maximum Gasteiger partial charge on any atom is 0.432 e. The average Bonchev–Trinajstić information content (AvgIpc) is 2.99. The Bertz CT molecular complexity index is 899. The maximum atomic E-state index is 13.5. The third-order valence-electron chi connectivity index (χ3n) is 2.76. The first-order valence-corrected chi connectivity index (χ1v) is 7.40. The molecular weight excluding hydrogens is 367 g/mol. The van der Waals surface area contributed by atoms with E-state index in [2.05, 4.69) is 15.1 Å². The van der Waals surface area contributed by atoms with Gasteiger partial charge in [-0.1, -0.05) is 6.07 Å². The third kappa shape index (κ3) is 4.24. The summed E-state index contributed by atoms with van der Waals surface area (Å²) in [6, 6.07) is 7.22. The molecule has 25 heavy (non-hydrogen) atoms. The van der Waals surface area contributed by atoms with E-state index in [1.807, 2.05) is 5.10 Å². The van der Waals surface area contributed by atoms with E-state index in [1.54, 1.807) is 0 Å². The van der Waals surface area contributed by atoms with Gasteiger partial charge < -0.3 is 4.74 Å². The van der Waals surface area contributed by atoms with E-state index in [0.717, 1.165) is 30.0 Å². The van der Waals surface area contributed by atoms with Crippen LogP contribution < -0.4 is 4.74 Å². The van der Waals surface area contributed by atoms with Crippen LogP contribution in [-0.2, 0) is 6.18 Å². The Balaban J connectivity index is 1.76. The van der Waals surface area contributed by atoms with E-state index in [0.29, 0.717) is 0 Å².